The Bertz CT molecular complexity index is 1100. The Balaban J connectivity index is 0.00000216. The highest BCUT2D eigenvalue weighted by molar-refractivity contribution is 5.85. The van der Waals surface area contributed by atoms with Crippen molar-refractivity contribution in [2.24, 2.45) is 0 Å². The van der Waals surface area contributed by atoms with Crippen molar-refractivity contribution in [3.63, 3.8) is 0 Å². The Morgan fingerprint density at radius 2 is 1.54 bits per heavy atom. The minimum absolute atomic E-state index is 0. The molecule has 0 aliphatic carbocycles. The molecule has 35 heavy (non-hydrogen) atoms. The highest BCUT2D eigenvalue weighted by atomic mass is 35.5. The maximum absolute atomic E-state index is 11.5. The van der Waals surface area contributed by atoms with Gasteiger partial charge >= 0.3 is 5.69 Å². The second-order valence-electron chi connectivity index (χ2n) is 8.48. The number of halogens is 1. The minimum atomic E-state index is -0.350. The van der Waals surface area contributed by atoms with Crippen LogP contribution in [0.1, 0.15) is 35.4 Å². The van der Waals surface area contributed by atoms with Gasteiger partial charge in [0.15, 0.2) is 0 Å². The number of pyridine rings is 1. The number of nitrogens with zero attached hydrogens (tertiary/aromatic N) is 3. The molecule has 0 saturated carbocycles. The van der Waals surface area contributed by atoms with Crippen molar-refractivity contribution in [2.45, 2.75) is 26.7 Å². The van der Waals surface area contributed by atoms with Crippen molar-refractivity contribution >= 4 is 29.4 Å². The van der Waals surface area contributed by atoms with Crippen LogP contribution in [-0.4, -0.2) is 46.5 Å². The molecular formula is C27H33ClN4O3. The number of aromatic nitrogens is 1. The third kappa shape index (κ3) is 6.88. The Morgan fingerprint density at radius 1 is 1.00 bits per heavy atom. The quantitative estimate of drug-likeness (QED) is 0.357. The van der Waals surface area contributed by atoms with Crippen molar-refractivity contribution < 1.29 is 10.4 Å². The summed E-state index contributed by atoms with van der Waals surface area (Å²) in [6.07, 6.45) is 2.04. The third-order valence-corrected chi connectivity index (χ3v) is 6.16. The molecule has 1 saturated heterocycles. The fourth-order valence-electron chi connectivity index (χ4n) is 4.62. The molecule has 1 fully saturated rings. The third-order valence-electron chi connectivity index (χ3n) is 6.16. The summed E-state index contributed by atoms with van der Waals surface area (Å²) in [6, 6.07) is 23.0. The number of hydrogen-bond acceptors (Lipinski definition) is 5. The Morgan fingerprint density at radius 3 is 2.06 bits per heavy atom. The fourth-order valence-corrected chi connectivity index (χ4v) is 4.62. The Labute approximate surface area is 212 Å². The summed E-state index contributed by atoms with van der Waals surface area (Å²) in [6.45, 7) is 7.01. The molecule has 0 radical (unpaired) electrons. The molecule has 8 heteroatoms. The van der Waals surface area contributed by atoms with Crippen LogP contribution < -0.4 is 5.32 Å². The van der Waals surface area contributed by atoms with Crippen molar-refractivity contribution in [3.05, 3.63) is 105 Å². The van der Waals surface area contributed by atoms with Crippen LogP contribution in [0.3, 0.4) is 0 Å². The summed E-state index contributed by atoms with van der Waals surface area (Å²) in [7, 11) is 0. The van der Waals surface area contributed by atoms with Gasteiger partial charge in [0.2, 0.25) is 0 Å². The second kappa shape index (κ2) is 13.0. The van der Waals surface area contributed by atoms with Gasteiger partial charge in [-0.3, -0.25) is 15.1 Å². The molecule has 4 rings (SSSR count). The number of benzene rings is 2. The van der Waals surface area contributed by atoms with Crippen LogP contribution in [0.4, 0.5) is 11.4 Å². The highest BCUT2D eigenvalue weighted by Crippen LogP contribution is 2.32. The number of nitro groups is 1. The predicted molar refractivity (Wildman–Crippen MR) is 144 cm³/mol. The van der Waals surface area contributed by atoms with Gasteiger partial charge in [-0.25, -0.2) is 0 Å². The van der Waals surface area contributed by atoms with Gasteiger partial charge in [-0.15, -0.1) is 12.4 Å². The van der Waals surface area contributed by atoms with E-state index in [1.165, 1.54) is 22.3 Å². The molecule has 3 aromatic rings. The van der Waals surface area contributed by atoms with Gasteiger partial charge in [0.25, 0.3) is 0 Å². The minimum Gasteiger partial charge on any atom is -0.412 e. The lowest BCUT2D eigenvalue weighted by Crippen LogP contribution is -2.35. The van der Waals surface area contributed by atoms with Gasteiger partial charge in [0, 0.05) is 31.9 Å². The Hall–Kier alpha value is -3.26. The van der Waals surface area contributed by atoms with Gasteiger partial charge in [0.05, 0.1) is 4.92 Å². The highest BCUT2D eigenvalue weighted by Gasteiger charge is 2.21. The summed E-state index contributed by atoms with van der Waals surface area (Å²) < 4.78 is 0. The van der Waals surface area contributed by atoms with E-state index in [1.807, 2.05) is 6.92 Å². The SMILES string of the molecule is Cc1cc(NCCN2CCC(=C(c3ccccc3)c3ccccc3)CC2)c([N+](=O)[O-])c(C)n1.Cl.O. The van der Waals surface area contributed by atoms with E-state index in [0.29, 0.717) is 17.9 Å². The van der Waals surface area contributed by atoms with Crippen LogP contribution in [-0.2, 0) is 0 Å². The van der Waals surface area contributed by atoms with E-state index in [2.05, 4.69) is 75.9 Å². The van der Waals surface area contributed by atoms with Crippen molar-refractivity contribution in [2.75, 3.05) is 31.5 Å². The zero-order chi connectivity index (χ0) is 23.2. The number of nitrogens with one attached hydrogen (secondary N) is 1. The van der Waals surface area contributed by atoms with E-state index in [4.69, 9.17) is 0 Å². The number of rotatable bonds is 7. The first-order valence-corrected chi connectivity index (χ1v) is 11.4. The molecule has 0 amide bonds. The van der Waals surface area contributed by atoms with Crippen LogP contribution in [0.25, 0.3) is 5.57 Å². The number of likely N-dealkylation sites (tertiary alicyclic amines) is 1. The predicted octanol–water partition coefficient (Wildman–Crippen LogP) is 5.21. The fraction of sp³-hybridized carbons (Fsp3) is 0.296. The molecule has 3 N–H and O–H groups in total. The lowest BCUT2D eigenvalue weighted by molar-refractivity contribution is -0.384. The lowest BCUT2D eigenvalue weighted by Gasteiger charge is -2.30. The average molecular weight is 497 g/mol. The maximum atomic E-state index is 11.5. The first kappa shape index (κ1) is 28.0. The van der Waals surface area contributed by atoms with E-state index in [0.717, 1.165) is 38.2 Å². The number of aryl methyl sites for hydroxylation is 2. The second-order valence-corrected chi connectivity index (χ2v) is 8.48. The molecule has 7 nitrogen and oxygen atoms in total. The summed E-state index contributed by atoms with van der Waals surface area (Å²) in [5.74, 6) is 0. The lowest BCUT2D eigenvalue weighted by atomic mass is 9.88. The van der Waals surface area contributed by atoms with Gasteiger partial charge in [-0.05, 0) is 49.5 Å². The summed E-state index contributed by atoms with van der Waals surface area (Å²) in [5.41, 5.74) is 7.24. The van der Waals surface area contributed by atoms with Crippen LogP contribution in [0.15, 0.2) is 72.3 Å². The number of piperidine rings is 1. The van der Waals surface area contributed by atoms with Crippen LogP contribution in [0.5, 0.6) is 0 Å². The van der Waals surface area contributed by atoms with Crippen molar-refractivity contribution in [1.29, 1.82) is 0 Å². The van der Waals surface area contributed by atoms with E-state index in [1.54, 1.807) is 13.0 Å². The zero-order valence-corrected chi connectivity index (χ0v) is 21.0. The normalized spacial score (nSPS) is 13.4. The van der Waals surface area contributed by atoms with Crippen LogP contribution in [0, 0.1) is 24.0 Å². The monoisotopic (exact) mass is 496 g/mol. The molecule has 0 unspecified atom stereocenters. The average Bonchev–Trinajstić information content (AvgIpc) is 2.81. The molecule has 0 bridgehead atoms. The largest absolute Gasteiger partial charge is 0.412 e. The first-order chi connectivity index (χ1) is 16.0. The van der Waals surface area contributed by atoms with E-state index < -0.39 is 0 Å². The van der Waals surface area contributed by atoms with Crippen molar-refractivity contribution in [1.82, 2.24) is 9.88 Å². The first-order valence-electron chi connectivity index (χ1n) is 11.4. The number of anilines is 1. The molecule has 2 heterocycles. The van der Waals surface area contributed by atoms with E-state index in [9.17, 15) is 10.1 Å². The molecule has 0 spiro atoms. The summed E-state index contributed by atoms with van der Waals surface area (Å²) in [4.78, 5) is 17.8. The van der Waals surface area contributed by atoms with Gasteiger partial charge in [-0.1, -0.05) is 66.2 Å². The topological polar surface area (TPSA) is 103 Å². The molecule has 1 aliphatic heterocycles. The van der Waals surface area contributed by atoms with E-state index >= 15 is 0 Å². The molecule has 0 atom stereocenters. The van der Waals surface area contributed by atoms with Gasteiger partial charge < -0.3 is 15.7 Å². The molecule has 2 aromatic carbocycles. The Kier molecular flexibility index (Phi) is 10.4. The molecular weight excluding hydrogens is 464 g/mol. The van der Waals surface area contributed by atoms with Crippen molar-refractivity contribution in [3.8, 4) is 0 Å². The summed E-state index contributed by atoms with van der Waals surface area (Å²) >= 11 is 0. The molecule has 186 valence electrons. The van der Waals surface area contributed by atoms with Gasteiger partial charge in [-0.2, -0.15) is 0 Å². The summed E-state index contributed by atoms with van der Waals surface area (Å²) in [5, 5.41) is 14.7. The van der Waals surface area contributed by atoms with Gasteiger partial charge in [0.1, 0.15) is 11.4 Å². The van der Waals surface area contributed by atoms with Crippen LogP contribution >= 0.6 is 12.4 Å². The number of hydrogen-bond donors (Lipinski definition) is 1. The maximum Gasteiger partial charge on any atom is 0.313 e. The van der Waals surface area contributed by atoms with E-state index in [-0.39, 0.29) is 28.5 Å². The standard InChI is InChI=1S/C27H30N4O2.ClH.H2O/c1-20-19-25(27(31(32)33)21(2)29-20)28-15-18-30-16-13-24(14-17-30)26(22-9-5-3-6-10-22)23-11-7-4-8-12-23;;/h3-12,19H,13-18H2,1-2H3,(H,28,29);1H;1H2. The smallest absolute Gasteiger partial charge is 0.313 e. The zero-order valence-electron chi connectivity index (χ0n) is 20.2. The molecule has 1 aromatic heterocycles. The van der Waals surface area contributed by atoms with Crippen LogP contribution in [0.2, 0.25) is 0 Å². The molecule has 1 aliphatic rings.